The van der Waals surface area contributed by atoms with Crippen molar-refractivity contribution < 1.29 is 13.9 Å². The predicted molar refractivity (Wildman–Crippen MR) is 91.8 cm³/mol. The molecule has 24 heavy (non-hydrogen) atoms. The molecule has 2 amide bonds. The van der Waals surface area contributed by atoms with Crippen molar-refractivity contribution >= 4 is 11.7 Å². The van der Waals surface area contributed by atoms with Crippen molar-refractivity contribution in [1.29, 1.82) is 0 Å². The second-order valence-electron chi connectivity index (χ2n) is 5.83. The normalized spacial score (nSPS) is 16.5. The quantitative estimate of drug-likeness (QED) is 0.885. The Balaban J connectivity index is 1.51. The van der Waals surface area contributed by atoms with E-state index in [0.717, 1.165) is 37.8 Å². The maximum atomic E-state index is 11.9. The number of nitrogens with zero attached hydrogens (tertiary/aromatic N) is 1. The molecule has 0 saturated carbocycles. The summed E-state index contributed by atoms with van der Waals surface area (Å²) in [6.07, 6.45) is 1.59. The minimum Gasteiger partial charge on any atom is -0.467 e. The fraction of sp³-hybridized carbons (Fsp3) is 0.389. The van der Waals surface area contributed by atoms with E-state index < -0.39 is 0 Å². The number of carbonyl (C=O) groups is 1. The molecule has 0 radical (unpaired) electrons. The number of nitrogens with one attached hydrogen (secondary N) is 2. The molecule has 1 aromatic carbocycles. The van der Waals surface area contributed by atoms with E-state index in [4.69, 9.17) is 9.15 Å². The van der Waals surface area contributed by atoms with Crippen molar-refractivity contribution in [2.75, 3.05) is 31.6 Å². The Hall–Kier alpha value is -2.31. The van der Waals surface area contributed by atoms with Crippen molar-refractivity contribution in [2.45, 2.75) is 19.5 Å². The van der Waals surface area contributed by atoms with Gasteiger partial charge in [-0.15, -0.1) is 0 Å². The van der Waals surface area contributed by atoms with Crippen LogP contribution in [0.1, 0.15) is 24.3 Å². The molecule has 2 N–H and O–H groups in total. The maximum Gasteiger partial charge on any atom is 0.319 e. The molecule has 1 aliphatic heterocycles. The summed E-state index contributed by atoms with van der Waals surface area (Å²) in [7, 11) is 0. The maximum absolute atomic E-state index is 11.9. The van der Waals surface area contributed by atoms with Gasteiger partial charge in [0, 0.05) is 24.8 Å². The van der Waals surface area contributed by atoms with Crippen molar-refractivity contribution in [3.63, 3.8) is 0 Å². The monoisotopic (exact) mass is 329 g/mol. The first-order chi connectivity index (χ1) is 11.7. The number of hydrogen-bond donors (Lipinski definition) is 2. The van der Waals surface area contributed by atoms with Crippen molar-refractivity contribution in [3.05, 3.63) is 54.0 Å². The van der Waals surface area contributed by atoms with Crippen molar-refractivity contribution in [3.8, 4) is 0 Å². The Kier molecular flexibility index (Phi) is 5.51. The van der Waals surface area contributed by atoms with Gasteiger partial charge in [0.25, 0.3) is 0 Å². The van der Waals surface area contributed by atoms with Gasteiger partial charge < -0.3 is 19.8 Å². The molecule has 2 heterocycles. The highest BCUT2D eigenvalue weighted by atomic mass is 16.5. The second kappa shape index (κ2) is 7.99. The van der Waals surface area contributed by atoms with Gasteiger partial charge in [-0.05, 0) is 36.8 Å². The molecule has 1 unspecified atom stereocenters. The van der Waals surface area contributed by atoms with Crippen LogP contribution in [-0.2, 0) is 11.3 Å². The van der Waals surface area contributed by atoms with Crippen LogP contribution in [-0.4, -0.2) is 37.2 Å². The van der Waals surface area contributed by atoms with Crippen LogP contribution in [0.3, 0.4) is 0 Å². The van der Waals surface area contributed by atoms with E-state index in [0.29, 0.717) is 12.6 Å². The molecule has 1 aliphatic rings. The predicted octanol–water partition coefficient (Wildman–Crippen LogP) is 2.99. The van der Waals surface area contributed by atoms with Gasteiger partial charge in [-0.2, -0.15) is 0 Å². The Bertz CT molecular complexity index is 634. The first-order valence-electron chi connectivity index (χ1n) is 8.21. The molecule has 1 aromatic heterocycles. The third-order valence-corrected chi connectivity index (χ3v) is 4.25. The summed E-state index contributed by atoms with van der Waals surface area (Å²) >= 11 is 0. The van der Waals surface area contributed by atoms with Crippen LogP contribution >= 0.6 is 0 Å². The highest BCUT2D eigenvalue weighted by Gasteiger charge is 2.18. The molecular formula is C18H23N3O3. The first-order valence-corrected chi connectivity index (χ1v) is 8.21. The molecule has 1 atom stereocenters. The molecule has 3 rings (SSSR count). The number of benzene rings is 1. The topological polar surface area (TPSA) is 66.7 Å². The Morgan fingerprint density at radius 1 is 1.21 bits per heavy atom. The Morgan fingerprint density at radius 2 is 1.96 bits per heavy atom. The number of ether oxygens (including phenoxy) is 1. The van der Waals surface area contributed by atoms with Gasteiger partial charge in [-0.25, -0.2) is 4.79 Å². The third kappa shape index (κ3) is 4.37. The molecule has 0 spiro atoms. The van der Waals surface area contributed by atoms with E-state index in [2.05, 4.69) is 34.6 Å². The summed E-state index contributed by atoms with van der Waals surface area (Å²) in [5.41, 5.74) is 2.00. The van der Waals surface area contributed by atoms with E-state index in [1.807, 2.05) is 18.2 Å². The zero-order valence-corrected chi connectivity index (χ0v) is 13.8. The molecule has 2 aromatic rings. The van der Waals surface area contributed by atoms with Gasteiger partial charge in [-0.3, -0.25) is 4.90 Å². The second-order valence-corrected chi connectivity index (χ2v) is 5.83. The molecule has 1 saturated heterocycles. The molecular weight excluding hydrogens is 306 g/mol. The number of urea groups is 1. The molecule has 6 nitrogen and oxygen atoms in total. The minimum atomic E-state index is -0.250. The Morgan fingerprint density at radius 3 is 2.62 bits per heavy atom. The molecule has 6 heteroatoms. The molecule has 0 bridgehead atoms. The Labute approximate surface area is 141 Å². The number of hydrogen-bond acceptors (Lipinski definition) is 4. The standard InChI is InChI=1S/C18H23N3O3/c1-14(21-8-11-23-12-9-21)15-4-6-16(7-5-15)20-18(22)19-13-17-3-2-10-24-17/h2-7,10,14H,8-9,11-13H2,1H3,(H2,19,20,22). The van der Waals surface area contributed by atoms with Crippen LogP contribution in [0.25, 0.3) is 0 Å². The number of carbonyl (C=O) groups excluding carboxylic acids is 1. The lowest BCUT2D eigenvalue weighted by molar-refractivity contribution is 0.0198. The summed E-state index contributed by atoms with van der Waals surface area (Å²) in [4.78, 5) is 14.3. The smallest absolute Gasteiger partial charge is 0.319 e. The van der Waals surface area contributed by atoms with Crippen LogP contribution in [0.15, 0.2) is 47.1 Å². The lowest BCUT2D eigenvalue weighted by atomic mass is 10.1. The van der Waals surface area contributed by atoms with Gasteiger partial charge in [0.15, 0.2) is 0 Å². The number of anilines is 1. The number of amides is 2. The number of furan rings is 1. The summed E-state index contributed by atoms with van der Waals surface area (Å²) in [5.74, 6) is 0.722. The number of rotatable bonds is 5. The summed E-state index contributed by atoms with van der Waals surface area (Å²) in [5, 5.41) is 5.58. The summed E-state index contributed by atoms with van der Waals surface area (Å²) in [6.45, 7) is 6.06. The lowest BCUT2D eigenvalue weighted by Gasteiger charge is -2.32. The van der Waals surface area contributed by atoms with E-state index >= 15 is 0 Å². The fourth-order valence-electron chi connectivity index (χ4n) is 2.78. The van der Waals surface area contributed by atoms with E-state index in [1.165, 1.54) is 5.56 Å². The van der Waals surface area contributed by atoms with Gasteiger partial charge >= 0.3 is 6.03 Å². The number of morpholine rings is 1. The van der Waals surface area contributed by atoms with Gasteiger partial charge in [0.2, 0.25) is 0 Å². The van der Waals surface area contributed by atoms with Crippen molar-refractivity contribution in [1.82, 2.24) is 10.2 Å². The fourth-order valence-corrected chi connectivity index (χ4v) is 2.78. The van der Waals surface area contributed by atoms with Gasteiger partial charge in [-0.1, -0.05) is 12.1 Å². The minimum absolute atomic E-state index is 0.250. The average molecular weight is 329 g/mol. The van der Waals surface area contributed by atoms with Gasteiger partial charge in [0.1, 0.15) is 5.76 Å². The largest absolute Gasteiger partial charge is 0.467 e. The molecule has 0 aliphatic carbocycles. The SMILES string of the molecule is CC(c1ccc(NC(=O)NCc2ccco2)cc1)N1CCOCC1. The van der Waals surface area contributed by atoms with Crippen LogP contribution in [0, 0.1) is 0 Å². The van der Waals surface area contributed by atoms with E-state index in [-0.39, 0.29) is 6.03 Å². The van der Waals surface area contributed by atoms with Crippen LogP contribution in [0.4, 0.5) is 10.5 Å². The zero-order valence-electron chi connectivity index (χ0n) is 13.8. The van der Waals surface area contributed by atoms with E-state index in [1.54, 1.807) is 12.3 Å². The average Bonchev–Trinajstić information content (AvgIpc) is 3.14. The summed E-state index contributed by atoms with van der Waals surface area (Å²) < 4.78 is 10.6. The highest BCUT2D eigenvalue weighted by molar-refractivity contribution is 5.89. The summed E-state index contributed by atoms with van der Waals surface area (Å²) in [6, 6.07) is 11.7. The third-order valence-electron chi connectivity index (χ3n) is 4.25. The van der Waals surface area contributed by atoms with Crippen LogP contribution in [0.5, 0.6) is 0 Å². The molecule has 128 valence electrons. The molecule has 1 fully saturated rings. The first kappa shape index (κ1) is 16.5. The highest BCUT2D eigenvalue weighted by Crippen LogP contribution is 2.22. The van der Waals surface area contributed by atoms with E-state index in [9.17, 15) is 4.79 Å². The lowest BCUT2D eigenvalue weighted by Crippen LogP contribution is -2.38. The van der Waals surface area contributed by atoms with Crippen LogP contribution in [0.2, 0.25) is 0 Å². The van der Waals surface area contributed by atoms with Crippen molar-refractivity contribution in [2.24, 2.45) is 0 Å². The van der Waals surface area contributed by atoms with Crippen LogP contribution < -0.4 is 10.6 Å². The van der Waals surface area contributed by atoms with Gasteiger partial charge in [0.05, 0.1) is 26.0 Å². The zero-order chi connectivity index (χ0) is 16.8.